The quantitative estimate of drug-likeness (QED) is 0.486. The molecule has 1 amide bonds. The molecule has 0 aliphatic heterocycles. The molecule has 0 saturated heterocycles. The Kier molecular flexibility index (Phi) is 4.93. The van der Waals surface area contributed by atoms with Crippen LogP contribution >= 0.6 is 11.8 Å². The molecule has 0 bridgehead atoms. The van der Waals surface area contributed by atoms with Crippen molar-refractivity contribution in [2.45, 2.75) is 11.3 Å². The molecule has 1 aromatic heterocycles. The number of aromatic amines is 1. The van der Waals surface area contributed by atoms with Gasteiger partial charge in [0.1, 0.15) is 0 Å². The highest BCUT2D eigenvalue weighted by atomic mass is 32.2. The van der Waals surface area contributed by atoms with Gasteiger partial charge in [0.25, 0.3) is 0 Å². The number of benzene rings is 3. The number of rotatable bonds is 6. The summed E-state index contributed by atoms with van der Waals surface area (Å²) in [7, 11) is 0. The lowest BCUT2D eigenvalue weighted by Gasteiger charge is -2.06. The molecule has 3 aromatic carbocycles. The Morgan fingerprint density at radius 3 is 2.69 bits per heavy atom. The molecular weight excluding hydrogens is 340 g/mol. The predicted molar refractivity (Wildman–Crippen MR) is 110 cm³/mol. The Hall–Kier alpha value is -2.72. The number of hydrogen-bond acceptors (Lipinski definition) is 2. The number of carbonyl (C=O) groups is 1. The summed E-state index contributed by atoms with van der Waals surface area (Å²) in [6, 6.07) is 22.8. The van der Waals surface area contributed by atoms with E-state index in [1.54, 1.807) is 11.8 Å². The maximum Gasteiger partial charge on any atom is 0.230 e. The molecule has 0 unspecified atom stereocenters. The maximum absolute atomic E-state index is 12.1. The van der Waals surface area contributed by atoms with Crippen molar-refractivity contribution in [1.29, 1.82) is 0 Å². The molecule has 0 saturated carbocycles. The fraction of sp³-hybridized carbons (Fsp3) is 0.136. The molecule has 0 spiro atoms. The van der Waals surface area contributed by atoms with E-state index in [0.717, 1.165) is 16.8 Å². The second kappa shape index (κ2) is 7.67. The average molecular weight is 360 g/mol. The number of carbonyl (C=O) groups excluding carboxylic acids is 1. The third-order valence-electron chi connectivity index (χ3n) is 4.48. The predicted octanol–water partition coefficient (Wildman–Crippen LogP) is 4.77. The summed E-state index contributed by atoms with van der Waals surface area (Å²) in [5, 5.41) is 6.68. The van der Waals surface area contributed by atoms with Gasteiger partial charge in [0.05, 0.1) is 5.75 Å². The summed E-state index contributed by atoms with van der Waals surface area (Å²) < 4.78 is 0. The van der Waals surface area contributed by atoms with Crippen molar-refractivity contribution in [3.8, 4) is 0 Å². The maximum atomic E-state index is 12.1. The van der Waals surface area contributed by atoms with Crippen LogP contribution in [0, 0.1) is 0 Å². The zero-order valence-corrected chi connectivity index (χ0v) is 15.2. The van der Waals surface area contributed by atoms with Gasteiger partial charge >= 0.3 is 0 Å². The number of para-hydroxylation sites is 1. The molecule has 0 atom stereocenters. The highest BCUT2D eigenvalue weighted by Gasteiger charge is 2.06. The Balaban J connectivity index is 1.28. The van der Waals surface area contributed by atoms with E-state index in [9.17, 15) is 4.79 Å². The number of amides is 1. The van der Waals surface area contributed by atoms with Crippen molar-refractivity contribution >= 4 is 39.3 Å². The van der Waals surface area contributed by atoms with Crippen LogP contribution in [0.1, 0.15) is 5.56 Å². The molecule has 130 valence electrons. The number of aromatic nitrogens is 1. The Morgan fingerprint density at radius 2 is 1.77 bits per heavy atom. The van der Waals surface area contributed by atoms with Crippen molar-refractivity contribution in [2.75, 3.05) is 12.3 Å². The number of thioether (sulfide) groups is 1. The van der Waals surface area contributed by atoms with Crippen molar-refractivity contribution < 1.29 is 4.79 Å². The van der Waals surface area contributed by atoms with Gasteiger partial charge in [-0.2, -0.15) is 0 Å². The highest BCUT2D eigenvalue weighted by molar-refractivity contribution is 8.00. The summed E-state index contributed by atoms with van der Waals surface area (Å²) in [6.07, 6.45) is 2.86. The van der Waals surface area contributed by atoms with E-state index in [-0.39, 0.29) is 5.91 Å². The van der Waals surface area contributed by atoms with Crippen LogP contribution in [-0.4, -0.2) is 23.2 Å². The van der Waals surface area contributed by atoms with Gasteiger partial charge in [-0.25, -0.2) is 0 Å². The normalized spacial score (nSPS) is 11.1. The molecule has 3 nitrogen and oxygen atoms in total. The fourth-order valence-corrected chi connectivity index (χ4v) is 3.91. The minimum Gasteiger partial charge on any atom is -0.361 e. The van der Waals surface area contributed by atoms with Crippen LogP contribution in [0.4, 0.5) is 0 Å². The van der Waals surface area contributed by atoms with Crippen LogP contribution in [0.2, 0.25) is 0 Å². The zero-order chi connectivity index (χ0) is 17.8. The molecule has 4 rings (SSSR count). The van der Waals surface area contributed by atoms with Gasteiger partial charge in [-0.1, -0.05) is 48.5 Å². The lowest BCUT2D eigenvalue weighted by Crippen LogP contribution is -2.27. The third-order valence-corrected chi connectivity index (χ3v) is 5.48. The first-order chi connectivity index (χ1) is 12.8. The number of H-pyrrole nitrogens is 1. The molecule has 1 heterocycles. The smallest absolute Gasteiger partial charge is 0.230 e. The molecule has 26 heavy (non-hydrogen) atoms. The van der Waals surface area contributed by atoms with Crippen molar-refractivity contribution in [1.82, 2.24) is 10.3 Å². The van der Waals surface area contributed by atoms with E-state index in [4.69, 9.17) is 0 Å². The van der Waals surface area contributed by atoms with Gasteiger partial charge < -0.3 is 10.3 Å². The van der Waals surface area contributed by atoms with Crippen LogP contribution < -0.4 is 5.32 Å². The number of fused-ring (bicyclic) bond motifs is 2. The van der Waals surface area contributed by atoms with Gasteiger partial charge in [0, 0.05) is 28.5 Å². The first kappa shape index (κ1) is 16.7. The van der Waals surface area contributed by atoms with Crippen molar-refractivity contribution in [3.63, 3.8) is 0 Å². The van der Waals surface area contributed by atoms with Gasteiger partial charge in [-0.15, -0.1) is 11.8 Å². The summed E-state index contributed by atoms with van der Waals surface area (Å²) in [5.41, 5.74) is 2.38. The highest BCUT2D eigenvalue weighted by Crippen LogP contribution is 2.23. The van der Waals surface area contributed by atoms with Gasteiger partial charge in [0.15, 0.2) is 0 Å². The summed E-state index contributed by atoms with van der Waals surface area (Å²) >= 11 is 1.58. The SMILES string of the molecule is O=C(CSc1ccc2ccccc2c1)NCCc1c[nH]c2ccccc12. The topological polar surface area (TPSA) is 44.9 Å². The monoisotopic (exact) mass is 360 g/mol. The van der Waals surface area contributed by atoms with Crippen molar-refractivity contribution in [2.24, 2.45) is 0 Å². The fourth-order valence-electron chi connectivity index (χ4n) is 3.13. The van der Waals surface area contributed by atoms with E-state index in [2.05, 4.69) is 52.8 Å². The molecule has 0 radical (unpaired) electrons. The van der Waals surface area contributed by atoms with Gasteiger partial charge in [-0.05, 0) is 41.0 Å². The number of hydrogen-bond donors (Lipinski definition) is 2. The Bertz CT molecular complexity index is 1050. The molecule has 0 fully saturated rings. The lowest BCUT2D eigenvalue weighted by atomic mass is 10.1. The molecule has 0 aliphatic rings. The summed E-state index contributed by atoms with van der Waals surface area (Å²) in [6.45, 7) is 0.652. The van der Waals surface area contributed by atoms with Gasteiger partial charge in [-0.3, -0.25) is 4.79 Å². The minimum absolute atomic E-state index is 0.0722. The molecule has 0 aliphatic carbocycles. The van der Waals surface area contributed by atoms with Crippen LogP contribution in [0.3, 0.4) is 0 Å². The summed E-state index contributed by atoms with van der Waals surface area (Å²) in [4.78, 5) is 16.5. The largest absolute Gasteiger partial charge is 0.361 e. The second-order valence-electron chi connectivity index (χ2n) is 6.26. The average Bonchev–Trinajstić information content (AvgIpc) is 3.09. The second-order valence-corrected chi connectivity index (χ2v) is 7.31. The standard InChI is InChI=1S/C22H20N2OS/c25-22(15-26-19-10-9-16-5-1-2-6-17(16)13-19)23-12-11-18-14-24-21-8-4-3-7-20(18)21/h1-10,13-14,24H,11-12,15H2,(H,23,25). The van der Waals surface area contributed by atoms with Crippen LogP contribution in [0.25, 0.3) is 21.7 Å². The van der Waals surface area contributed by atoms with Crippen molar-refractivity contribution in [3.05, 3.63) is 78.5 Å². The zero-order valence-electron chi connectivity index (χ0n) is 14.4. The third kappa shape index (κ3) is 3.75. The van der Waals surface area contributed by atoms with E-state index >= 15 is 0 Å². The Labute approximate surface area is 156 Å². The molecular formula is C22H20N2OS. The van der Waals surface area contributed by atoms with Gasteiger partial charge in [0.2, 0.25) is 5.91 Å². The van der Waals surface area contributed by atoms with E-state index < -0.39 is 0 Å². The minimum atomic E-state index is 0.0722. The summed E-state index contributed by atoms with van der Waals surface area (Å²) in [5.74, 6) is 0.509. The Morgan fingerprint density at radius 1 is 0.962 bits per heavy atom. The number of nitrogens with one attached hydrogen (secondary N) is 2. The molecule has 4 aromatic rings. The van der Waals surface area contributed by atoms with Crippen LogP contribution in [-0.2, 0) is 11.2 Å². The lowest BCUT2D eigenvalue weighted by molar-refractivity contribution is -0.118. The molecule has 4 heteroatoms. The van der Waals surface area contributed by atoms with Crippen LogP contribution in [0.15, 0.2) is 77.8 Å². The van der Waals surface area contributed by atoms with E-state index in [0.29, 0.717) is 12.3 Å². The molecule has 2 N–H and O–H groups in total. The first-order valence-corrected chi connectivity index (χ1v) is 9.71. The van der Waals surface area contributed by atoms with E-state index in [1.165, 1.54) is 21.7 Å². The van der Waals surface area contributed by atoms with Crippen LogP contribution in [0.5, 0.6) is 0 Å². The van der Waals surface area contributed by atoms with E-state index in [1.807, 2.05) is 30.5 Å². The first-order valence-electron chi connectivity index (χ1n) is 8.73.